The van der Waals surface area contributed by atoms with Crippen molar-refractivity contribution in [3.63, 3.8) is 0 Å². The van der Waals surface area contributed by atoms with Gasteiger partial charge >= 0.3 is 6.01 Å². The van der Waals surface area contributed by atoms with Gasteiger partial charge in [-0.3, -0.25) is 4.79 Å². The summed E-state index contributed by atoms with van der Waals surface area (Å²) in [6.07, 6.45) is 4.69. The van der Waals surface area contributed by atoms with Gasteiger partial charge in [0, 0.05) is 20.0 Å². The Hall–Kier alpha value is -2.78. The maximum atomic E-state index is 13.5. The van der Waals surface area contributed by atoms with Crippen molar-refractivity contribution >= 4 is 11.9 Å². The Bertz CT molecular complexity index is 929. The summed E-state index contributed by atoms with van der Waals surface area (Å²) in [5, 5.41) is 10.8. The molecule has 0 unspecified atom stereocenters. The number of halogens is 2. The number of hydrogen-bond donors (Lipinski definition) is 1. The highest BCUT2D eigenvalue weighted by molar-refractivity contribution is 5.83. The van der Waals surface area contributed by atoms with Crippen molar-refractivity contribution in [2.24, 2.45) is 5.41 Å². The van der Waals surface area contributed by atoms with E-state index in [2.05, 4.69) is 20.5 Å². The monoisotopic (exact) mass is 421 g/mol. The van der Waals surface area contributed by atoms with E-state index in [1.807, 2.05) is 4.90 Å². The molecular weight excluding hydrogens is 396 g/mol. The van der Waals surface area contributed by atoms with Crippen molar-refractivity contribution < 1.29 is 22.7 Å². The molecule has 0 aromatic carbocycles. The van der Waals surface area contributed by atoms with Gasteiger partial charge in [-0.1, -0.05) is 5.10 Å². The van der Waals surface area contributed by atoms with Gasteiger partial charge in [0.2, 0.25) is 11.8 Å². The third kappa shape index (κ3) is 4.08. The first-order valence-corrected chi connectivity index (χ1v) is 10.0. The lowest BCUT2D eigenvalue weighted by atomic mass is 9.93. The van der Waals surface area contributed by atoms with E-state index in [1.54, 1.807) is 6.92 Å². The quantitative estimate of drug-likeness (QED) is 0.763. The average molecular weight is 421 g/mol. The molecule has 8 nitrogen and oxygen atoms in total. The highest BCUT2D eigenvalue weighted by Gasteiger charge is 2.45. The summed E-state index contributed by atoms with van der Waals surface area (Å²) in [6, 6.07) is 2.11. The van der Waals surface area contributed by atoms with Crippen LogP contribution in [0, 0.1) is 5.41 Å². The Morgan fingerprint density at radius 1 is 1.27 bits per heavy atom. The van der Waals surface area contributed by atoms with Crippen LogP contribution in [0.4, 0.5) is 14.8 Å². The van der Waals surface area contributed by atoms with Gasteiger partial charge < -0.3 is 19.4 Å². The molecule has 1 saturated carbocycles. The molecule has 2 aromatic rings. The molecule has 1 N–H and O–H groups in total. The second kappa shape index (κ2) is 7.48. The van der Waals surface area contributed by atoms with Gasteiger partial charge in [0.15, 0.2) is 0 Å². The second-order valence-electron chi connectivity index (χ2n) is 8.25. The summed E-state index contributed by atoms with van der Waals surface area (Å²) in [5.74, 6) is -3.10. The van der Waals surface area contributed by atoms with Gasteiger partial charge in [-0.05, 0) is 50.2 Å². The van der Waals surface area contributed by atoms with Crippen LogP contribution < -0.4 is 10.1 Å². The fraction of sp³-hybridized carbons (Fsp3) is 0.600. The molecule has 2 fully saturated rings. The van der Waals surface area contributed by atoms with E-state index in [-0.39, 0.29) is 29.3 Å². The summed E-state index contributed by atoms with van der Waals surface area (Å²) < 4.78 is 37.7. The third-order valence-electron chi connectivity index (χ3n) is 5.96. The number of hydrogen-bond acceptors (Lipinski definition) is 7. The molecule has 1 saturated heterocycles. The molecule has 2 aromatic heterocycles. The zero-order valence-electron chi connectivity index (χ0n) is 17.2. The van der Waals surface area contributed by atoms with Gasteiger partial charge in [-0.2, -0.15) is 8.78 Å². The molecule has 1 aliphatic carbocycles. The van der Waals surface area contributed by atoms with Gasteiger partial charge in [0.05, 0.1) is 7.11 Å². The number of ether oxygens (including phenoxy) is 1. The Kier molecular flexibility index (Phi) is 5.11. The molecule has 162 valence electrons. The van der Waals surface area contributed by atoms with Crippen LogP contribution in [0.3, 0.4) is 0 Å². The summed E-state index contributed by atoms with van der Waals surface area (Å²) >= 11 is 0. The number of nitrogens with zero attached hydrogens (tertiary/aromatic N) is 4. The minimum absolute atomic E-state index is 0.0148. The largest absolute Gasteiger partial charge is 0.480 e. The number of likely N-dealkylation sites (tertiary alicyclic amines) is 1. The summed E-state index contributed by atoms with van der Waals surface area (Å²) in [4.78, 5) is 18.4. The minimum Gasteiger partial charge on any atom is -0.480 e. The van der Waals surface area contributed by atoms with E-state index in [1.165, 1.54) is 32.1 Å². The van der Waals surface area contributed by atoms with E-state index in [4.69, 9.17) is 9.15 Å². The van der Waals surface area contributed by atoms with Gasteiger partial charge in [-0.25, -0.2) is 4.98 Å². The SMILES string of the molecule is COc1nc(C(C)(F)F)ccc1-c1nnc(N[C@@H](C)C(=O)N2CCC3(CC2)CC3)o1. The van der Waals surface area contributed by atoms with Crippen LogP contribution in [0.5, 0.6) is 5.88 Å². The van der Waals surface area contributed by atoms with Gasteiger partial charge in [0.1, 0.15) is 17.3 Å². The first-order valence-electron chi connectivity index (χ1n) is 10.0. The predicted molar refractivity (Wildman–Crippen MR) is 104 cm³/mol. The molecule has 1 spiro atoms. The minimum atomic E-state index is -3.10. The van der Waals surface area contributed by atoms with Gasteiger partial charge in [-0.15, -0.1) is 5.10 Å². The van der Waals surface area contributed by atoms with Crippen molar-refractivity contribution in [3.05, 3.63) is 17.8 Å². The topological polar surface area (TPSA) is 93.4 Å². The van der Waals surface area contributed by atoms with Crippen molar-refractivity contribution in [2.75, 3.05) is 25.5 Å². The molecular formula is C20H25F2N5O3. The Morgan fingerprint density at radius 3 is 2.57 bits per heavy atom. The van der Waals surface area contributed by atoms with Gasteiger partial charge in [0.25, 0.3) is 11.8 Å². The van der Waals surface area contributed by atoms with Crippen molar-refractivity contribution in [2.45, 2.75) is 51.5 Å². The zero-order chi connectivity index (χ0) is 21.5. The standard InChI is InChI=1S/C20H25F2N5O3/c1-12(17(28)27-10-8-20(6-7-20)9-11-27)23-18-26-25-16(30-18)13-4-5-14(19(2,21)22)24-15(13)29-3/h4-5,12H,6-11H2,1-3H3,(H,23,26)/t12-/m0/s1. The number of nitrogens with one attached hydrogen (secondary N) is 1. The van der Waals surface area contributed by atoms with Crippen molar-refractivity contribution in [1.82, 2.24) is 20.1 Å². The predicted octanol–water partition coefficient (Wildman–Crippen LogP) is 3.45. The molecule has 1 atom stereocenters. The van der Waals surface area contributed by atoms with Crippen molar-refractivity contribution in [1.29, 1.82) is 0 Å². The van der Waals surface area contributed by atoms with E-state index >= 15 is 0 Å². The number of aromatic nitrogens is 3. The number of amides is 1. The summed E-state index contributed by atoms with van der Waals surface area (Å²) in [7, 11) is 1.32. The molecule has 1 amide bonds. The lowest BCUT2D eigenvalue weighted by molar-refractivity contribution is -0.133. The Labute approximate surface area is 173 Å². The highest BCUT2D eigenvalue weighted by atomic mass is 19.3. The van der Waals surface area contributed by atoms with Crippen LogP contribution >= 0.6 is 0 Å². The Morgan fingerprint density at radius 2 is 1.97 bits per heavy atom. The first-order chi connectivity index (χ1) is 14.2. The van der Waals surface area contributed by atoms with Crippen LogP contribution in [0.25, 0.3) is 11.5 Å². The number of anilines is 1. The lowest BCUT2D eigenvalue weighted by Crippen LogP contribution is -2.45. The number of methoxy groups -OCH3 is 1. The highest BCUT2D eigenvalue weighted by Crippen LogP contribution is 2.53. The number of rotatable bonds is 6. The van der Waals surface area contributed by atoms with Crippen molar-refractivity contribution in [3.8, 4) is 17.3 Å². The average Bonchev–Trinajstić information content (AvgIpc) is 3.31. The summed E-state index contributed by atoms with van der Waals surface area (Å²) in [5.41, 5.74) is 0.365. The molecule has 2 aliphatic rings. The molecule has 0 radical (unpaired) electrons. The number of carbonyl (C=O) groups is 1. The first kappa shape index (κ1) is 20.5. The maximum Gasteiger partial charge on any atom is 0.316 e. The van der Waals surface area contributed by atoms with E-state index in [9.17, 15) is 13.6 Å². The van der Waals surface area contributed by atoms with Crippen LogP contribution in [0.2, 0.25) is 0 Å². The lowest BCUT2D eigenvalue weighted by Gasteiger charge is -2.33. The molecule has 0 bridgehead atoms. The van der Waals surface area contributed by atoms with Crippen LogP contribution in [0.1, 0.15) is 45.2 Å². The maximum absolute atomic E-state index is 13.5. The molecule has 30 heavy (non-hydrogen) atoms. The number of piperidine rings is 1. The van der Waals surface area contributed by atoms with Crippen LogP contribution in [0.15, 0.2) is 16.5 Å². The fourth-order valence-corrected chi connectivity index (χ4v) is 3.79. The normalized spacial score (nSPS) is 18.9. The third-order valence-corrected chi connectivity index (χ3v) is 5.96. The molecule has 4 rings (SSSR count). The fourth-order valence-electron chi connectivity index (χ4n) is 3.79. The molecule has 10 heteroatoms. The number of pyridine rings is 1. The summed E-state index contributed by atoms with van der Waals surface area (Å²) in [6.45, 7) is 4.05. The van der Waals surface area contributed by atoms with E-state index in [0.717, 1.165) is 32.9 Å². The number of alkyl halides is 2. The van der Waals surface area contributed by atoms with Crippen LogP contribution in [-0.2, 0) is 10.7 Å². The molecule has 3 heterocycles. The number of carbonyl (C=O) groups excluding carboxylic acids is 1. The van der Waals surface area contributed by atoms with E-state index in [0.29, 0.717) is 5.41 Å². The second-order valence-corrected chi connectivity index (χ2v) is 8.25. The van der Waals surface area contributed by atoms with E-state index < -0.39 is 17.7 Å². The zero-order valence-corrected chi connectivity index (χ0v) is 17.2. The molecule has 1 aliphatic heterocycles. The smallest absolute Gasteiger partial charge is 0.316 e. The van der Waals surface area contributed by atoms with Crippen LogP contribution in [-0.4, -0.2) is 52.2 Å². The Balaban J connectivity index is 1.43.